The van der Waals surface area contributed by atoms with Gasteiger partial charge in [0.05, 0.1) is 23.2 Å². The average Bonchev–Trinajstić information content (AvgIpc) is 3.36. The summed E-state index contributed by atoms with van der Waals surface area (Å²) in [6, 6.07) is 0.209. The molecule has 2 aliphatic carbocycles. The molecule has 2 saturated carbocycles. The topological polar surface area (TPSA) is 102 Å². The van der Waals surface area contributed by atoms with Crippen LogP contribution in [0.4, 0.5) is 0 Å². The summed E-state index contributed by atoms with van der Waals surface area (Å²) in [7, 11) is -2.98. The summed E-state index contributed by atoms with van der Waals surface area (Å²) in [5, 5.41) is 11.3. The van der Waals surface area contributed by atoms with Gasteiger partial charge in [-0.15, -0.1) is 10.2 Å². The van der Waals surface area contributed by atoms with Crippen molar-refractivity contribution < 1.29 is 17.6 Å². The largest absolute Gasteiger partial charge is 0.416 e. The summed E-state index contributed by atoms with van der Waals surface area (Å²) in [5.41, 5.74) is 0. The van der Waals surface area contributed by atoms with Crippen molar-refractivity contribution in [3.05, 3.63) is 5.89 Å². The summed E-state index contributed by atoms with van der Waals surface area (Å²) in [6.45, 7) is 2.11. The van der Waals surface area contributed by atoms with Crippen molar-refractivity contribution >= 4 is 27.5 Å². The second-order valence-electron chi connectivity index (χ2n) is 7.99. The van der Waals surface area contributed by atoms with Crippen LogP contribution in [0.3, 0.4) is 0 Å². The molecule has 0 spiro atoms. The smallest absolute Gasteiger partial charge is 0.277 e. The first-order chi connectivity index (χ1) is 12.4. The Bertz CT molecular complexity index is 779. The van der Waals surface area contributed by atoms with E-state index in [0.29, 0.717) is 23.5 Å². The standard InChI is InChI=1S/C17H25N3O4S2/c1-10(14-7-11-2-3-12(14)6-11)18-15(21)8-25-17-20-19-16(24-17)13-4-5-26(22,23)9-13/h10-14H,2-9H2,1H3,(H,18,21)/t10-,11-,12-,13+,14-/m0/s1. The first-order valence-electron chi connectivity index (χ1n) is 9.35. The molecule has 1 saturated heterocycles. The van der Waals surface area contributed by atoms with Crippen LogP contribution < -0.4 is 5.32 Å². The Labute approximate surface area is 158 Å². The fourth-order valence-corrected chi connectivity index (χ4v) is 7.18. The van der Waals surface area contributed by atoms with Gasteiger partial charge in [-0.2, -0.15) is 0 Å². The number of rotatable bonds is 6. The zero-order chi connectivity index (χ0) is 18.3. The number of aromatic nitrogens is 2. The summed E-state index contributed by atoms with van der Waals surface area (Å²) in [4.78, 5) is 12.2. The number of hydrogen-bond acceptors (Lipinski definition) is 7. The minimum Gasteiger partial charge on any atom is -0.416 e. The normalized spacial score (nSPS) is 33.4. The van der Waals surface area contributed by atoms with Crippen molar-refractivity contribution in [1.29, 1.82) is 0 Å². The zero-order valence-electron chi connectivity index (χ0n) is 14.9. The molecular weight excluding hydrogens is 374 g/mol. The molecular formula is C17H25N3O4S2. The molecule has 1 aliphatic heterocycles. The summed E-state index contributed by atoms with van der Waals surface area (Å²) < 4.78 is 28.6. The van der Waals surface area contributed by atoms with Crippen molar-refractivity contribution in [2.75, 3.05) is 17.3 Å². The van der Waals surface area contributed by atoms with Gasteiger partial charge in [0.2, 0.25) is 11.8 Å². The fraction of sp³-hybridized carbons (Fsp3) is 0.824. The lowest BCUT2D eigenvalue weighted by molar-refractivity contribution is -0.119. The van der Waals surface area contributed by atoms with Gasteiger partial charge in [-0.3, -0.25) is 4.79 Å². The van der Waals surface area contributed by atoms with Crippen molar-refractivity contribution in [2.45, 2.75) is 56.2 Å². The van der Waals surface area contributed by atoms with E-state index in [1.807, 2.05) is 0 Å². The molecule has 0 radical (unpaired) electrons. The Morgan fingerprint density at radius 1 is 1.31 bits per heavy atom. The molecule has 5 atom stereocenters. The minimum absolute atomic E-state index is 0.0199. The van der Waals surface area contributed by atoms with Gasteiger partial charge >= 0.3 is 0 Å². The molecule has 0 unspecified atom stereocenters. The Balaban J connectivity index is 1.24. The number of nitrogens with zero attached hydrogens (tertiary/aromatic N) is 2. The van der Waals surface area contributed by atoms with Gasteiger partial charge in [0.25, 0.3) is 5.22 Å². The lowest BCUT2D eigenvalue weighted by Crippen LogP contribution is -2.40. The Morgan fingerprint density at radius 2 is 2.15 bits per heavy atom. The molecule has 2 bridgehead atoms. The number of amides is 1. The highest BCUT2D eigenvalue weighted by atomic mass is 32.2. The minimum atomic E-state index is -2.98. The molecule has 144 valence electrons. The highest BCUT2D eigenvalue weighted by Crippen LogP contribution is 2.49. The number of carbonyl (C=O) groups is 1. The number of fused-ring (bicyclic) bond motifs is 2. The maximum atomic E-state index is 12.2. The van der Waals surface area contributed by atoms with E-state index in [2.05, 4.69) is 22.4 Å². The van der Waals surface area contributed by atoms with Crippen LogP contribution in [0, 0.1) is 17.8 Å². The van der Waals surface area contributed by atoms with Crippen molar-refractivity contribution in [3.63, 3.8) is 0 Å². The number of sulfone groups is 1. The van der Waals surface area contributed by atoms with E-state index in [1.165, 1.54) is 37.4 Å². The van der Waals surface area contributed by atoms with E-state index in [1.54, 1.807) is 0 Å². The predicted octanol–water partition coefficient (Wildman–Crippen LogP) is 2.00. The van der Waals surface area contributed by atoms with Gasteiger partial charge in [-0.25, -0.2) is 8.42 Å². The van der Waals surface area contributed by atoms with Gasteiger partial charge in [-0.1, -0.05) is 18.2 Å². The van der Waals surface area contributed by atoms with E-state index >= 15 is 0 Å². The van der Waals surface area contributed by atoms with Crippen LogP contribution in [0.1, 0.15) is 50.8 Å². The Morgan fingerprint density at radius 3 is 2.81 bits per heavy atom. The molecule has 3 fully saturated rings. The van der Waals surface area contributed by atoms with Crippen LogP contribution in [0.25, 0.3) is 0 Å². The summed E-state index contributed by atoms with van der Waals surface area (Å²) >= 11 is 1.21. The summed E-state index contributed by atoms with van der Waals surface area (Å²) in [6.07, 6.45) is 5.78. The van der Waals surface area contributed by atoms with Gasteiger partial charge in [0, 0.05) is 6.04 Å². The first-order valence-corrected chi connectivity index (χ1v) is 12.2. The van der Waals surface area contributed by atoms with E-state index < -0.39 is 9.84 Å². The molecule has 1 N–H and O–H groups in total. The van der Waals surface area contributed by atoms with Crippen LogP contribution in [0.2, 0.25) is 0 Å². The third-order valence-electron chi connectivity index (χ3n) is 6.15. The van der Waals surface area contributed by atoms with Crippen LogP contribution >= 0.6 is 11.8 Å². The number of hydrogen-bond donors (Lipinski definition) is 1. The molecule has 3 aliphatic rings. The SMILES string of the molecule is C[C@H](NC(=O)CSc1nnc([C@@H]2CCS(=O)(=O)C2)o1)[C@@H]1C[C@H]2CC[C@H]1C2. The quantitative estimate of drug-likeness (QED) is 0.730. The molecule has 1 amide bonds. The zero-order valence-corrected chi connectivity index (χ0v) is 16.5. The van der Waals surface area contributed by atoms with E-state index in [0.717, 1.165) is 11.8 Å². The van der Waals surface area contributed by atoms with Crippen LogP contribution in [-0.4, -0.2) is 47.8 Å². The van der Waals surface area contributed by atoms with E-state index in [9.17, 15) is 13.2 Å². The third-order valence-corrected chi connectivity index (χ3v) is 8.74. The second kappa shape index (κ2) is 7.14. The first kappa shape index (κ1) is 18.3. The van der Waals surface area contributed by atoms with Gasteiger partial charge in [0.1, 0.15) is 0 Å². The van der Waals surface area contributed by atoms with Crippen molar-refractivity contribution in [1.82, 2.24) is 15.5 Å². The maximum absolute atomic E-state index is 12.2. The monoisotopic (exact) mass is 399 g/mol. The highest BCUT2D eigenvalue weighted by Gasteiger charge is 2.42. The molecule has 7 nitrogen and oxygen atoms in total. The summed E-state index contributed by atoms with van der Waals surface area (Å²) in [5.74, 6) is 2.87. The van der Waals surface area contributed by atoms with Crippen molar-refractivity contribution in [2.24, 2.45) is 17.8 Å². The third kappa shape index (κ3) is 3.93. The number of carbonyl (C=O) groups excluding carboxylic acids is 1. The second-order valence-corrected chi connectivity index (χ2v) is 11.1. The molecule has 2 heterocycles. The molecule has 0 aromatic carbocycles. The number of nitrogens with one attached hydrogen (secondary N) is 1. The van der Waals surface area contributed by atoms with Gasteiger partial charge in [-0.05, 0) is 50.4 Å². The Hall–Kier alpha value is -1.09. The van der Waals surface area contributed by atoms with E-state index in [4.69, 9.17) is 4.42 Å². The van der Waals surface area contributed by atoms with Gasteiger partial charge in [0.15, 0.2) is 9.84 Å². The maximum Gasteiger partial charge on any atom is 0.277 e. The molecule has 1 aromatic rings. The lowest BCUT2D eigenvalue weighted by atomic mass is 9.84. The molecule has 1 aromatic heterocycles. The Kier molecular flexibility index (Phi) is 5.02. The lowest BCUT2D eigenvalue weighted by Gasteiger charge is -2.28. The average molecular weight is 400 g/mol. The molecule has 4 rings (SSSR count). The fourth-order valence-electron chi connectivity index (χ4n) is 4.87. The number of thioether (sulfide) groups is 1. The molecule has 26 heavy (non-hydrogen) atoms. The van der Waals surface area contributed by atoms with E-state index in [-0.39, 0.29) is 35.1 Å². The van der Waals surface area contributed by atoms with Crippen LogP contribution in [0.15, 0.2) is 9.64 Å². The van der Waals surface area contributed by atoms with Gasteiger partial charge < -0.3 is 9.73 Å². The highest BCUT2D eigenvalue weighted by molar-refractivity contribution is 7.99. The predicted molar refractivity (Wildman–Crippen MR) is 97.6 cm³/mol. The van der Waals surface area contributed by atoms with Crippen LogP contribution in [0.5, 0.6) is 0 Å². The molecule has 9 heteroatoms. The van der Waals surface area contributed by atoms with Crippen LogP contribution in [-0.2, 0) is 14.6 Å². The van der Waals surface area contributed by atoms with Crippen molar-refractivity contribution in [3.8, 4) is 0 Å².